The quantitative estimate of drug-likeness (QED) is 0.484. The van der Waals surface area contributed by atoms with E-state index in [0.29, 0.717) is 25.4 Å². The lowest BCUT2D eigenvalue weighted by molar-refractivity contribution is 0.130. The zero-order chi connectivity index (χ0) is 19.9. The number of hydrogen-bond donors (Lipinski definition) is 0. The summed E-state index contributed by atoms with van der Waals surface area (Å²) in [6, 6.07) is 14.3. The van der Waals surface area contributed by atoms with E-state index in [9.17, 15) is 8.42 Å². The lowest BCUT2D eigenvalue weighted by Gasteiger charge is -2.18. The van der Waals surface area contributed by atoms with Gasteiger partial charge in [0.2, 0.25) is 10.0 Å². The van der Waals surface area contributed by atoms with Gasteiger partial charge in [-0.25, -0.2) is 8.42 Å². The number of ether oxygens (including phenoxy) is 1. The molecule has 27 heavy (non-hydrogen) atoms. The third-order valence-corrected chi connectivity index (χ3v) is 6.25. The molecule has 0 aliphatic rings. The minimum Gasteiger partial charge on any atom is -0.497 e. The van der Waals surface area contributed by atoms with Gasteiger partial charge in [-0.3, -0.25) is 0 Å². The maximum atomic E-state index is 12.5. The van der Waals surface area contributed by atoms with Crippen LogP contribution in [0, 0.1) is 0 Å². The molecular formula is C20H26N2O4S. The van der Waals surface area contributed by atoms with Gasteiger partial charge in [0, 0.05) is 13.1 Å². The average Bonchev–Trinajstić information content (AvgIpc) is 2.69. The number of oxime groups is 1. The first-order valence-corrected chi connectivity index (χ1v) is 10.3. The van der Waals surface area contributed by atoms with Crippen molar-refractivity contribution >= 4 is 15.7 Å². The molecule has 0 unspecified atom stereocenters. The van der Waals surface area contributed by atoms with Crippen LogP contribution < -0.4 is 4.74 Å². The number of benzene rings is 2. The van der Waals surface area contributed by atoms with Crippen LogP contribution in [-0.4, -0.2) is 38.6 Å². The van der Waals surface area contributed by atoms with Gasteiger partial charge in [0.1, 0.15) is 12.4 Å². The van der Waals surface area contributed by atoms with Crippen LogP contribution in [0.5, 0.6) is 5.75 Å². The second kappa shape index (κ2) is 9.53. The Labute approximate surface area is 161 Å². The second-order valence-electron chi connectivity index (χ2n) is 5.92. The van der Waals surface area contributed by atoms with Crippen molar-refractivity contribution in [1.29, 1.82) is 0 Å². The van der Waals surface area contributed by atoms with Gasteiger partial charge >= 0.3 is 0 Å². The predicted octanol–water partition coefficient (Wildman–Crippen LogP) is 3.67. The smallest absolute Gasteiger partial charge is 0.243 e. The first kappa shape index (κ1) is 20.9. The Kier molecular flexibility index (Phi) is 7.38. The molecule has 2 rings (SSSR count). The summed E-state index contributed by atoms with van der Waals surface area (Å²) in [5.74, 6) is 0.766. The van der Waals surface area contributed by atoms with Crippen molar-refractivity contribution in [1.82, 2.24) is 4.31 Å². The number of nitrogens with zero attached hydrogens (tertiary/aromatic N) is 2. The second-order valence-corrected chi connectivity index (χ2v) is 7.85. The average molecular weight is 391 g/mol. The Morgan fingerprint density at radius 2 is 1.74 bits per heavy atom. The highest BCUT2D eigenvalue weighted by atomic mass is 32.2. The molecule has 0 aliphatic carbocycles. The molecule has 0 radical (unpaired) electrons. The summed E-state index contributed by atoms with van der Waals surface area (Å²) in [7, 11) is -1.84. The molecule has 7 heteroatoms. The van der Waals surface area contributed by atoms with Gasteiger partial charge in [-0.2, -0.15) is 4.31 Å². The van der Waals surface area contributed by atoms with E-state index in [0.717, 1.165) is 16.9 Å². The van der Waals surface area contributed by atoms with Crippen molar-refractivity contribution < 1.29 is 18.0 Å². The molecule has 0 fully saturated rings. The fourth-order valence-electron chi connectivity index (χ4n) is 2.60. The first-order valence-electron chi connectivity index (χ1n) is 8.82. The minimum atomic E-state index is -3.45. The van der Waals surface area contributed by atoms with Crippen LogP contribution in [0.2, 0.25) is 0 Å². The van der Waals surface area contributed by atoms with Crippen LogP contribution in [0.25, 0.3) is 0 Å². The molecule has 0 heterocycles. The number of hydrogen-bond acceptors (Lipinski definition) is 5. The molecule has 6 nitrogen and oxygen atoms in total. The van der Waals surface area contributed by atoms with Gasteiger partial charge in [0.05, 0.1) is 17.7 Å². The summed E-state index contributed by atoms with van der Waals surface area (Å²) in [6.45, 7) is 6.68. The van der Waals surface area contributed by atoms with E-state index < -0.39 is 10.0 Å². The SMILES string of the molecule is CCN(CC)S(=O)(=O)c1ccc(/C(C)=N\OCc2cccc(OC)c2)cc1. The molecule has 0 saturated heterocycles. The van der Waals surface area contributed by atoms with Crippen molar-refractivity contribution in [2.24, 2.45) is 5.16 Å². The van der Waals surface area contributed by atoms with E-state index in [1.807, 2.05) is 45.0 Å². The summed E-state index contributed by atoms with van der Waals surface area (Å²) in [6.07, 6.45) is 0. The Hall–Kier alpha value is -2.38. The van der Waals surface area contributed by atoms with Gasteiger partial charge < -0.3 is 9.57 Å². The topological polar surface area (TPSA) is 68.2 Å². The summed E-state index contributed by atoms with van der Waals surface area (Å²) in [5, 5.41) is 4.12. The Balaban J connectivity index is 2.06. The van der Waals surface area contributed by atoms with Gasteiger partial charge in [0.25, 0.3) is 0 Å². The van der Waals surface area contributed by atoms with Gasteiger partial charge in [-0.15, -0.1) is 0 Å². The zero-order valence-corrected chi connectivity index (χ0v) is 17.0. The molecule has 0 amide bonds. The van der Waals surface area contributed by atoms with E-state index in [4.69, 9.17) is 9.57 Å². The van der Waals surface area contributed by atoms with E-state index in [1.54, 1.807) is 31.4 Å². The lowest BCUT2D eigenvalue weighted by atomic mass is 10.1. The maximum Gasteiger partial charge on any atom is 0.243 e. The molecule has 0 N–H and O–H groups in total. The van der Waals surface area contributed by atoms with E-state index in [-0.39, 0.29) is 4.90 Å². The summed E-state index contributed by atoms with van der Waals surface area (Å²) in [5.41, 5.74) is 2.43. The molecule has 0 atom stereocenters. The highest BCUT2D eigenvalue weighted by Crippen LogP contribution is 2.17. The van der Waals surface area contributed by atoms with E-state index in [1.165, 1.54) is 4.31 Å². The van der Waals surface area contributed by atoms with Crippen LogP contribution in [0.4, 0.5) is 0 Å². The molecule has 0 aromatic heterocycles. The fourth-order valence-corrected chi connectivity index (χ4v) is 4.06. The molecule has 0 saturated carbocycles. The summed E-state index contributed by atoms with van der Waals surface area (Å²) in [4.78, 5) is 5.69. The van der Waals surface area contributed by atoms with Gasteiger partial charge in [-0.05, 0) is 42.3 Å². The first-order chi connectivity index (χ1) is 12.9. The van der Waals surface area contributed by atoms with Crippen LogP contribution in [0.3, 0.4) is 0 Å². The van der Waals surface area contributed by atoms with Crippen LogP contribution in [0.1, 0.15) is 31.9 Å². The highest BCUT2D eigenvalue weighted by molar-refractivity contribution is 7.89. The van der Waals surface area contributed by atoms with Crippen molar-refractivity contribution in [3.63, 3.8) is 0 Å². The van der Waals surface area contributed by atoms with Gasteiger partial charge in [-0.1, -0.05) is 43.3 Å². The number of sulfonamides is 1. The largest absolute Gasteiger partial charge is 0.497 e. The van der Waals surface area contributed by atoms with Crippen molar-refractivity contribution in [2.75, 3.05) is 20.2 Å². The summed E-state index contributed by atoms with van der Waals surface area (Å²) >= 11 is 0. The molecule has 146 valence electrons. The predicted molar refractivity (Wildman–Crippen MR) is 107 cm³/mol. The molecule has 2 aromatic carbocycles. The molecular weight excluding hydrogens is 364 g/mol. The Morgan fingerprint density at radius 3 is 2.33 bits per heavy atom. The van der Waals surface area contributed by atoms with Crippen molar-refractivity contribution in [3.05, 3.63) is 59.7 Å². The highest BCUT2D eigenvalue weighted by Gasteiger charge is 2.21. The number of rotatable bonds is 9. The van der Waals surface area contributed by atoms with Crippen molar-refractivity contribution in [2.45, 2.75) is 32.3 Å². The lowest BCUT2D eigenvalue weighted by Crippen LogP contribution is -2.30. The maximum absolute atomic E-state index is 12.5. The van der Waals surface area contributed by atoms with E-state index in [2.05, 4.69) is 5.16 Å². The molecule has 0 bridgehead atoms. The number of methoxy groups -OCH3 is 1. The zero-order valence-electron chi connectivity index (χ0n) is 16.2. The molecule has 0 aliphatic heterocycles. The van der Waals surface area contributed by atoms with Crippen LogP contribution in [-0.2, 0) is 21.5 Å². The summed E-state index contributed by atoms with van der Waals surface area (Å²) < 4.78 is 31.6. The Morgan fingerprint density at radius 1 is 1.07 bits per heavy atom. The monoisotopic (exact) mass is 390 g/mol. The minimum absolute atomic E-state index is 0.278. The molecule has 0 spiro atoms. The van der Waals surface area contributed by atoms with Crippen LogP contribution in [0.15, 0.2) is 58.6 Å². The van der Waals surface area contributed by atoms with Crippen molar-refractivity contribution in [3.8, 4) is 5.75 Å². The Bertz CT molecular complexity index is 873. The van der Waals surface area contributed by atoms with Crippen LogP contribution >= 0.6 is 0 Å². The van der Waals surface area contributed by atoms with Gasteiger partial charge in [0.15, 0.2) is 0 Å². The third kappa shape index (κ3) is 5.30. The molecule has 2 aromatic rings. The third-order valence-electron chi connectivity index (χ3n) is 4.18. The normalized spacial score (nSPS) is 12.3. The van der Waals surface area contributed by atoms with E-state index >= 15 is 0 Å². The standard InChI is InChI=1S/C20H26N2O4S/c1-5-22(6-2)27(23,24)20-12-10-18(11-13-20)16(3)21-26-15-17-8-7-9-19(14-17)25-4/h7-14H,5-6,15H2,1-4H3/b21-16-. The fraction of sp³-hybridized carbons (Fsp3) is 0.350.